The normalized spacial score (nSPS) is 17.2. The van der Waals surface area contributed by atoms with Crippen LogP contribution in [-0.4, -0.2) is 46.3 Å². The van der Waals surface area contributed by atoms with Crippen LogP contribution in [0, 0.1) is 0 Å². The van der Waals surface area contributed by atoms with Gasteiger partial charge < -0.3 is 14.7 Å². The lowest BCUT2D eigenvalue weighted by molar-refractivity contribution is -0.139. The van der Waals surface area contributed by atoms with Crippen molar-refractivity contribution < 1.29 is 24.2 Å². The highest BCUT2D eigenvalue weighted by Gasteiger charge is 2.45. The number of rotatable bonds is 6. The highest BCUT2D eigenvalue weighted by molar-refractivity contribution is 6.46. The Balaban J connectivity index is 1.77. The molecule has 1 amide bonds. The van der Waals surface area contributed by atoms with Crippen molar-refractivity contribution in [3.05, 3.63) is 107 Å². The number of hydrogen-bond donors (Lipinski definition) is 1. The van der Waals surface area contributed by atoms with Crippen LogP contribution >= 0.6 is 0 Å². The highest BCUT2D eigenvalue weighted by Crippen LogP contribution is 2.39. The fraction of sp³-hybridized carbons (Fsp3) is 0.154. The maximum Gasteiger partial charge on any atom is 0.337 e. The second-order valence-corrected chi connectivity index (χ2v) is 7.58. The van der Waals surface area contributed by atoms with Crippen molar-refractivity contribution in [1.29, 1.82) is 0 Å². The van der Waals surface area contributed by atoms with Gasteiger partial charge >= 0.3 is 5.97 Å². The zero-order valence-corrected chi connectivity index (χ0v) is 18.0. The molecule has 33 heavy (non-hydrogen) atoms. The predicted molar refractivity (Wildman–Crippen MR) is 121 cm³/mol. The van der Waals surface area contributed by atoms with Crippen LogP contribution < -0.4 is 0 Å². The summed E-state index contributed by atoms with van der Waals surface area (Å²) in [6, 6.07) is 18.5. The summed E-state index contributed by atoms with van der Waals surface area (Å²) in [5, 5.41) is 11.0. The first-order valence-electron chi connectivity index (χ1n) is 10.4. The fourth-order valence-electron chi connectivity index (χ4n) is 3.94. The molecule has 0 spiro atoms. The Morgan fingerprint density at radius 3 is 2.27 bits per heavy atom. The molecule has 1 aliphatic heterocycles. The van der Waals surface area contributed by atoms with Gasteiger partial charge in [-0.15, -0.1) is 0 Å². The number of ether oxygens (including phenoxy) is 1. The Hall–Kier alpha value is -4.26. The average Bonchev–Trinajstić information content (AvgIpc) is 3.12. The molecular weight excluding hydrogens is 420 g/mol. The van der Waals surface area contributed by atoms with Crippen LogP contribution in [0.1, 0.15) is 33.1 Å². The fourth-order valence-corrected chi connectivity index (χ4v) is 3.94. The lowest BCUT2D eigenvalue weighted by atomic mass is 9.94. The van der Waals surface area contributed by atoms with Gasteiger partial charge in [0.25, 0.3) is 11.7 Å². The van der Waals surface area contributed by atoms with Crippen molar-refractivity contribution >= 4 is 23.4 Å². The molecule has 1 aromatic heterocycles. The molecule has 0 radical (unpaired) electrons. The molecule has 2 heterocycles. The van der Waals surface area contributed by atoms with Gasteiger partial charge in [0, 0.05) is 24.5 Å². The first-order valence-corrected chi connectivity index (χ1v) is 10.4. The van der Waals surface area contributed by atoms with E-state index < -0.39 is 23.7 Å². The zero-order valence-electron chi connectivity index (χ0n) is 18.0. The quantitative estimate of drug-likeness (QED) is 0.272. The lowest BCUT2D eigenvalue weighted by Gasteiger charge is -2.25. The number of amides is 1. The number of nitrogens with zero attached hydrogens (tertiary/aromatic N) is 2. The summed E-state index contributed by atoms with van der Waals surface area (Å²) in [7, 11) is 1.30. The third-order valence-electron chi connectivity index (χ3n) is 5.63. The van der Waals surface area contributed by atoms with E-state index in [4.69, 9.17) is 4.74 Å². The van der Waals surface area contributed by atoms with Crippen molar-refractivity contribution in [2.45, 2.75) is 12.5 Å². The van der Waals surface area contributed by atoms with E-state index in [1.807, 2.05) is 30.3 Å². The van der Waals surface area contributed by atoms with Gasteiger partial charge in [0.1, 0.15) is 5.76 Å². The van der Waals surface area contributed by atoms with Crippen LogP contribution in [0.5, 0.6) is 0 Å². The van der Waals surface area contributed by atoms with Crippen LogP contribution in [0.3, 0.4) is 0 Å². The van der Waals surface area contributed by atoms with E-state index in [2.05, 4.69) is 4.98 Å². The van der Waals surface area contributed by atoms with Gasteiger partial charge in [-0.05, 0) is 41.8 Å². The number of carbonyl (C=O) groups is 3. The van der Waals surface area contributed by atoms with Gasteiger partial charge in [-0.1, -0.05) is 42.5 Å². The molecule has 1 saturated heterocycles. The van der Waals surface area contributed by atoms with Crippen LogP contribution in [0.4, 0.5) is 0 Å². The zero-order chi connectivity index (χ0) is 23.4. The molecule has 7 heteroatoms. The first-order chi connectivity index (χ1) is 16.0. The number of methoxy groups -OCH3 is 1. The number of likely N-dealkylation sites (tertiary alicyclic amines) is 1. The minimum absolute atomic E-state index is 0.00470. The van der Waals surface area contributed by atoms with E-state index in [1.54, 1.807) is 36.4 Å². The average molecular weight is 442 g/mol. The summed E-state index contributed by atoms with van der Waals surface area (Å²) in [4.78, 5) is 43.3. The van der Waals surface area contributed by atoms with Gasteiger partial charge in [0.2, 0.25) is 0 Å². The van der Waals surface area contributed by atoms with Gasteiger partial charge in [-0.2, -0.15) is 0 Å². The van der Waals surface area contributed by atoms with Crippen molar-refractivity contribution in [3.8, 4) is 0 Å². The molecule has 0 saturated carbocycles. The van der Waals surface area contributed by atoms with E-state index in [9.17, 15) is 19.5 Å². The number of hydrogen-bond acceptors (Lipinski definition) is 6. The first kappa shape index (κ1) is 22.0. The monoisotopic (exact) mass is 442 g/mol. The van der Waals surface area contributed by atoms with E-state index in [0.717, 1.165) is 5.56 Å². The van der Waals surface area contributed by atoms with E-state index in [-0.39, 0.29) is 17.9 Å². The largest absolute Gasteiger partial charge is 0.507 e. The number of benzene rings is 2. The molecule has 1 fully saturated rings. The SMILES string of the molecule is COC(=O)c1ccc(C2C(=C(O)c3ccncc3)C(=O)C(=O)N2CCc2ccccc2)cc1. The molecule has 166 valence electrons. The van der Waals surface area contributed by atoms with Crippen molar-refractivity contribution in [2.75, 3.05) is 13.7 Å². The number of aliphatic hydroxyl groups excluding tert-OH is 1. The Bertz CT molecular complexity index is 1200. The smallest absolute Gasteiger partial charge is 0.337 e. The molecule has 1 atom stereocenters. The number of Topliss-reactive ketones (excluding diaryl/α,β-unsaturated/α-hetero) is 1. The predicted octanol–water partition coefficient (Wildman–Crippen LogP) is 3.53. The molecule has 4 rings (SSSR count). The minimum Gasteiger partial charge on any atom is -0.507 e. The number of esters is 1. The molecule has 1 aliphatic rings. The number of ketones is 1. The van der Waals surface area contributed by atoms with Crippen LogP contribution in [0.25, 0.3) is 5.76 Å². The topological polar surface area (TPSA) is 96.8 Å². The highest BCUT2D eigenvalue weighted by atomic mass is 16.5. The number of pyridine rings is 1. The van der Waals surface area contributed by atoms with Crippen molar-refractivity contribution in [2.24, 2.45) is 0 Å². The van der Waals surface area contributed by atoms with Gasteiger partial charge in [-0.3, -0.25) is 14.6 Å². The summed E-state index contributed by atoms with van der Waals surface area (Å²) in [5.74, 6) is -2.18. The Kier molecular flexibility index (Phi) is 6.31. The molecule has 1 unspecified atom stereocenters. The second kappa shape index (κ2) is 9.48. The molecule has 2 aromatic carbocycles. The molecule has 0 aliphatic carbocycles. The Labute approximate surface area is 191 Å². The Morgan fingerprint density at radius 2 is 1.64 bits per heavy atom. The summed E-state index contributed by atoms with van der Waals surface area (Å²) >= 11 is 0. The van der Waals surface area contributed by atoms with Gasteiger partial charge in [-0.25, -0.2) is 4.79 Å². The molecular formula is C26H22N2O5. The van der Waals surface area contributed by atoms with Crippen LogP contribution in [-0.2, 0) is 20.7 Å². The Morgan fingerprint density at radius 1 is 0.970 bits per heavy atom. The number of aliphatic hydroxyl groups is 1. The van der Waals surface area contributed by atoms with Crippen molar-refractivity contribution in [1.82, 2.24) is 9.88 Å². The third kappa shape index (κ3) is 4.39. The lowest BCUT2D eigenvalue weighted by Crippen LogP contribution is -2.31. The van der Waals surface area contributed by atoms with Crippen LogP contribution in [0.2, 0.25) is 0 Å². The summed E-state index contributed by atoms with van der Waals surface area (Å²) in [6.45, 7) is 0.283. The summed E-state index contributed by atoms with van der Waals surface area (Å²) < 4.78 is 4.75. The summed E-state index contributed by atoms with van der Waals surface area (Å²) in [6.07, 6.45) is 3.54. The van der Waals surface area contributed by atoms with Gasteiger partial charge in [0.15, 0.2) is 0 Å². The minimum atomic E-state index is -0.798. The van der Waals surface area contributed by atoms with E-state index in [0.29, 0.717) is 23.1 Å². The standard InChI is InChI=1S/C26H22N2O5/c1-33-26(32)20-9-7-18(8-10-20)22-21(23(29)19-11-14-27-15-12-19)24(30)25(31)28(22)16-13-17-5-3-2-4-6-17/h2-12,14-15,22,29H,13,16H2,1H3. The van der Waals surface area contributed by atoms with E-state index in [1.165, 1.54) is 24.4 Å². The van der Waals surface area contributed by atoms with E-state index >= 15 is 0 Å². The second-order valence-electron chi connectivity index (χ2n) is 7.58. The van der Waals surface area contributed by atoms with Crippen LogP contribution in [0.15, 0.2) is 84.7 Å². The third-order valence-corrected chi connectivity index (χ3v) is 5.63. The van der Waals surface area contributed by atoms with Gasteiger partial charge in [0.05, 0.1) is 24.3 Å². The van der Waals surface area contributed by atoms with Crippen molar-refractivity contribution in [3.63, 3.8) is 0 Å². The molecule has 0 bridgehead atoms. The molecule has 7 nitrogen and oxygen atoms in total. The maximum atomic E-state index is 13.0. The summed E-state index contributed by atoms with van der Waals surface area (Å²) in [5.41, 5.74) is 2.36. The number of aromatic nitrogens is 1. The maximum absolute atomic E-state index is 13.0. The molecule has 1 N–H and O–H groups in total. The molecule has 3 aromatic rings. The number of carbonyl (C=O) groups excluding carboxylic acids is 3.